The fourth-order valence-corrected chi connectivity index (χ4v) is 3.84. The van der Waals surface area contributed by atoms with Crippen molar-refractivity contribution in [1.29, 1.82) is 0 Å². The summed E-state index contributed by atoms with van der Waals surface area (Å²) in [4.78, 5) is 15.0. The van der Waals surface area contributed by atoms with Crippen LogP contribution in [0.25, 0.3) is 0 Å². The van der Waals surface area contributed by atoms with Gasteiger partial charge in [0.2, 0.25) is 5.91 Å². The second-order valence-electron chi connectivity index (χ2n) is 7.04. The summed E-state index contributed by atoms with van der Waals surface area (Å²) in [5.74, 6) is 0.303. The summed E-state index contributed by atoms with van der Waals surface area (Å²) in [6.07, 6.45) is 10.1. The molecule has 1 atom stereocenters. The summed E-state index contributed by atoms with van der Waals surface area (Å²) >= 11 is 0. The summed E-state index contributed by atoms with van der Waals surface area (Å²) in [5.41, 5.74) is 2.44. The van der Waals surface area contributed by atoms with Crippen molar-refractivity contribution in [3.8, 4) is 0 Å². The Hall–Kier alpha value is -2.03. The normalized spacial score (nSPS) is 16.7. The molecular weight excluding hydrogens is 308 g/mol. The van der Waals surface area contributed by atoms with Gasteiger partial charge in [0.05, 0.1) is 6.04 Å². The molecule has 0 fully saturated rings. The molecule has 1 aromatic heterocycles. The molecule has 1 unspecified atom stereocenters. The average Bonchev–Trinajstić information content (AvgIpc) is 3.13. The summed E-state index contributed by atoms with van der Waals surface area (Å²) in [6.45, 7) is 3.93. The maximum Gasteiger partial charge on any atom is 0.223 e. The van der Waals surface area contributed by atoms with Gasteiger partial charge in [0.15, 0.2) is 0 Å². The molecule has 25 heavy (non-hydrogen) atoms. The van der Waals surface area contributed by atoms with E-state index >= 15 is 0 Å². The number of amides is 1. The van der Waals surface area contributed by atoms with Crippen molar-refractivity contribution in [2.45, 2.75) is 64.5 Å². The van der Waals surface area contributed by atoms with Gasteiger partial charge in [0, 0.05) is 31.4 Å². The van der Waals surface area contributed by atoms with Crippen LogP contribution in [0.5, 0.6) is 0 Å². The number of benzene rings is 1. The number of carbonyl (C=O) groups excluding carboxylic acids is 1. The van der Waals surface area contributed by atoms with E-state index in [1.54, 1.807) is 0 Å². The third-order valence-corrected chi connectivity index (χ3v) is 5.22. The van der Waals surface area contributed by atoms with E-state index in [9.17, 15) is 4.79 Å². The van der Waals surface area contributed by atoms with E-state index in [4.69, 9.17) is 0 Å². The van der Waals surface area contributed by atoms with E-state index < -0.39 is 0 Å². The number of nitrogens with zero attached hydrogens (tertiary/aromatic N) is 2. The van der Waals surface area contributed by atoms with Crippen LogP contribution in [-0.4, -0.2) is 21.9 Å². The molecule has 3 nitrogen and oxygen atoms in total. The van der Waals surface area contributed by atoms with Gasteiger partial charge in [-0.05, 0) is 24.1 Å². The third kappa shape index (κ3) is 4.33. The molecule has 2 heterocycles. The van der Waals surface area contributed by atoms with Crippen molar-refractivity contribution in [3.63, 3.8) is 0 Å². The maximum atomic E-state index is 12.9. The van der Waals surface area contributed by atoms with Crippen molar-refractivity contribution in [2.75, 3.05) is 6.54 Å². The standard InChI is InChI=1S/C22H30N2O/c1-2-3-4-5-6-10-15-21(25)24-18-17-23-16-11-14-20(23)22(24)19-12-8-7-9-13-19/h7-9,11-14,16,22H,2-6,10,15,17-18H2,1H3. The monoisotopic (exact) mass is 338 g/mol. The Labute approximate surface area is 151 Å². The van der Waals surface area contributed by atoms with Gasteiger partial charge in [-0.25, -0.2) is 0 Å². The van der Waals surface area contributed by atoms with Gasteiger partial charge in [0.25, 0.3) is 0 Å². The zero-order valence-electron chi connectivity index (χ0n) is 15.4. The molecule has 1 aliphatic rings. The molecule has 0 spiro atoms. The van der Waals surface area contributed by atoms with Crippen molar-refractivity contribution in [3.05, 3.63) is 59.9 Å². The number of hydrogen-bond acceptors (Lipinski definition) is 1. The fraction of sp³-hybridized carbons (Fsp3) is 0.500. The topological polar surface area (TPSA) is 25.2 Å². The highest BCUT2D eigenvalue weighted by atomic mass is 16.2. The van der Waals surface area contributed by atoms with Crippen molar-refractivity contribution < 1.29 is 4.79 Å². The lowest BCUT2D eigenvalue weighted by molar-refractivity contribution is -0.134. The highest BCUT2D eigenvalue weighted by molar-refractivity contribution is 5.77. The molecule has 3 rings (SSSR count). The second kappa shape index (κ2) is 8.89. The van der Waals surface area contributed by atoms with Gasteiger partial charge in [-0.15, -0.1) is 0 Å². The van der Waals surface area contributed by atoms with Gasteiger partial charge in [-0.2, -0.15) is 0 Å². The summed E-state index contributed by atoms with van der Waals surface area (Å²) in [5, 5.41) is 0. The molecule has 0 radical (unpaired) electrons. The van der Waals surface area contributed by atoms with E-state index in [0.29, 0.717) is 12.3 Å². The van der Waals surface area contributed by atoms with Crippen molar-refractivity contribution in [2.24, 2.45) is 0 Å². The number of unbranched alkanes of at least 4 members (excludes halogenated alkanes) is 5. The zero-order valence-corrected chi connectivity index (χ0v) is 15.4. The van der Waals surface area contributed by atoms with Gasteiger partial charge in [0.1, 0.15) is 0 Å². The summed E-state index contributed by atoms with van der Waals surface area (Å²) in [7, 11) is 0. The first-order valence-electron chi connectivity index (χ1n) is 9.80. The van der Waals surface area contributed by atoms with E-state index in [2.05, 4.69) is 59.0 Å². The molecule has 0 saturated carbocycles. The lowest BCUT2D eigenvalue weighted by Crippen LogP contribution is -2.42. The second-order valence-corrected chi connectivity index (χ2v) is 7.04. The first kappa shape index (κ1) is 17.8. The molecular formula is C22H30N2O. The van der Waals surface area contributed by atoms with E-state index in [0.717, 1.165) is 19.5 Å². The number of rotatable bonds is 8. The molecule has 1 aliphatic heterocycles. The largest absolute Gasteiger partial charge is 0.348 e. The minimum absolute atomic E-state index is 0.0533. The van der Waals surface area contributed by atoms with Crippen molar-refractivity contribution >= 4 is 5.91 Å². The lowest BCUT2D eigenvalue weighted by Gasteiger charge is -2.37. The quantitative estimate of drug-likeness (QED) is 0.610. The van der Waals surface area contributed by atoms with Crippen LogP contribution < -0.4 is 0 Å². The average molecular weight is 338 g/mol. The Bertz CT molecular complexity index is 662. The minimum atomic E-state index is 0.0533. The smallest absolute Gasteiger partial charge is 0.223 e. The lowest BCUT2D eigenvalue weighted by atomic mass is 9.99. The number of hydrogen-bond donors (Lipinski definition) is 0. The molecule has 1 amide bonds. The van der Waals surface area contributed by atoms with Crippen LogP contribution in [0.3, 0.4) is 0 Å². The number of fused-ring (bicyclic) bond motifs is 1. The van der Waals surface area contributed by atoms with Gasteiger partial charge in [-0.3, -0.25) is 4.79 Å². The molecule has 0 aliphatic carbocycles. The highest BCUT2D eigenvalue weighted by Crippen LogP contribution is 2.32. The first-order chi connectivity index (χ1) is 12.3. The van der Waals surface area contributed by atoms with Crippen LogP contribution in [-0.2, 0) is 11.3 Å². The van der Waals surface area contributed by atoms with Crippen molar-refractivity contribution in [1.82, 2.24) is 9.47 Å². The van der Waals surface area contributed by atoms with Crippen LogP contribution >= 0.6 is 0 Å². The molecule has 0 N–H and O–H groups in total. The highest BCUT2D eigenvalue weighted by Gasteiger charge is 2.31. The van der Waals surface area contributed by atoms with Crippen LogP contribution in [0, 0.1) is 0 Å². The SMILES string of the molecule is CCCCCCCCC(=O)N1CCn2cccc2C1c1ccccc1. The minimum Gasteiger partial charge on any atom is -0.348 e. The van der Waals surface area contributed by atoms with E-state index in [1.807, 2.05) is 6.07 Å². The zero-order chi connectivity index (χ0) is 17.5. The Morgan fingerprint density at radius 2 is 1.72 bits per heavy atom. The van der Waals surface area contributed by atoms with Crippen LogP contribution in [0.4, 0.5) is 0 Å². The van der Waals surface area contributed by atoms with E-state index in [1.165, 1.54) is 43.4 Å². The van der Waals surface area contributed by atoms with Gasteiger partial charge >= 0.3 is 0 Å². The number of aromatic nitrogens is 1. The van der Waals surface area contributed by atoms with Gasteiger partial charge < -0.3 is 9.47 Å². The number of carbonyl (C=O) groups is 1. The Balaban J connectivity index is 1.66. The van der Waals surface area contributed by atoms with Crippen LogP contribution in [0.2, 0.25) is 0 Å². The predicted molar refractivity (Wildman–Crippen MR) is 102 cm³/mol. The van der Waals surface area contributed by atoms with Gasteiger partial charge in [-0.1, -0.05) is 69.4 Å². The third-order valence-electron chi connectivity index (χ3n) is 5.22. The summed E-state index contributed by atoms with van der Waals surface area (Å²) in [6, 6.07) is 14.7. The molecule has 0 bridgehead atoms. The predicted octanol–water partition coefficient (Wildman–Crippen LogP) is 5.17. The molecule has 0 saturated heterocycles. The Morgan fingerprint density at radius 3 is 2.52 bits per heavy atom. The Kier molecular flexibility index (Phi) is 6.32. The molecule has 134 valence electrons. The van der Waals surface area contributed by atoms with Crippen LogP contribution in [0.15, 0.2) is 48.7 Å². The Morgan fingerprint density at radius 1 is 0.960 bits per heavy atom. The molecule has 1 aromatic carbocycles. The maximum absolute atomic E-state index is 12.9. The molecule has 3 heteroatoms. The summed E-state index contributed by atoms with van der Waals surface area (Å²) < 4.78 is 2.28. The van der Waals surface area contributed by atoms with E-state index in [-0.39, 0.29) is 6.04 Å². The first-order valence-corrected chi connectivity index (χ1v) is 9.80. The molecule has 2 aromatic rings. The fourth-order valence-electron chi connectivity index (χ4n) is 3.84. The van der Waals surface area contributed by atoms with Crippen LogP contribution in [0.1, 0.15) is 69.2 Å².